The third kappa shape index (κ3) is 4.36. The zero-order valence-electron chi connectivity index (χ0n) is 13.3. The van der Waals surface area contributed by atoms with Crippen LogP contribution in [-0.2, 0) is 12.4 Å². The van der Waals surface area contributed by atoms with Gasteiger partial charge in [0.05, 0.1) is 11.1 Å². The fourth-order valence-electron chi connectivity index (χ4n) is 2.25. The third-order valence-corrected chi connectivity index (χ3v) is 3.51. The van der Waals surface area contributed by atoms with Crippen molar-refractivity contribution in [3.8, 4) is 23.0 Å². The van der Waals surface area contributed by atoms with E-state index in [2.05, 4.69) is 9.97 Å². The van der Waals surface area contributed by atoms with Gasteiger partial charge in [0.2, 0.25) is 5.88 Å². The van der Waals surface area contributed by atoms with Crippen LogP contribution in [0.5, 0.6) is 11.6 Å². The van der Waals surface area contributed by atoms with E-state index in [0.717, 1.165) is 24.3 Å². The van der Waals surface area contributed by atoms with Gasteiger partial charge < -0.3 is 4.74 Å². The maximum absolute atomic E-state index is 13.0. The minimum atomic E-state index is -4.61. The molecular formula is C18H10F6N2O. The lowest BCUT2D eigenvalue weighted by atomic mass is 10.1. The lowest BCUT2D eigenvalue weighted by molar-refractivity contribution is -0.139. The third-order valence-electron chi connectivity index (χ3n) is 3.51. The Hall–Kier alpha value is -3.10. The number of alkyl halides is 6. The van der Waals surface area contributed by atoms with E-state index < -0.39 is 29.2 Å². The van der Waals surface area contributed by atoms with Crippen molar-refractivity contribution in [3.63, 3.8) is 0 Å². The molecule has 0 fully saturated rings. The van der Waals surface area contributed by atoms with E-state index in [1.54, 1.807) is 0 Å². The summed E-state index contributed by atoms with van der Waals surface area (Å²) in [5.74, 6) is -0.593. The van der Waals surface area contributed by atoms with Crippen molar-refractivity contribution in [3.05, 3.63) is 71.9 Å². The number of hydrogen-bond donors (Lipinski definition) is 0. The maximum atomic E-state index is 13.0. The highest BCUT2D eigenvalue weighted by Crippen LogP contribution is 2.37. The van der Waals surface area contributed by atoms with Gasteiger partial charge in [0.25, 0.3) is 0 Å². The number of ether oxygens (including phenoxy) is 1. The van der Waals surface area contributed by atoms with Crippen LogP contribution in [0, 0.1) is 0 Å². The molecular weight excluding hydrogens is 374 g/mol. The molecule has 0 aliphatic carbocycles. The first-order valence-corrected chi connectivity index (χ1v) is 7.49. The van der Waals surface area contributed by atoms with Gasteiger partial charge in [-0.15, -0.1) is 0 Å². The van der Waals surface area contributed by atoms with Crippen molar-refractivity contribution in [2.75, 3.05) is 0 Å². The number of benzene rings is 2. The summed E-state index contributed by atoms with van der Waals surface area (Å²) < 4.78 is 82.2. The molecule has 3 nitrogen and oxygen atoms in total. The molecule has 0 saturated heterocycles. The Kier molecular flexibility index (Phi) is 4.77. The van der Waals surface area contributed by atoms with Crippen LogP contribution in [0.25, 0.3) is 11.4 Å². The van der Waals surface area contributed by atoms with Crippen LogP contribution in [-0.4, -0.2) is 9.97 Å². The van der Waals surface area contributed by atoms with Crippen LogP contribution >= 0.6 is 0 Å². The summed E-state index contributed by atoms with van der Waals surface area (Å²) >= 11 is 0. The van der Waals surface area contributed by atoms with Crippen LogP contribution < -0.4 is 4.74 Å². The molecule has 3 aromatic rings. The van der Waals surface area contributed by atoms with Crippen molar-refractivity contribution in [1.82, 2.24) is 9.97 Å². The van der Waals surface area contributed by atoms with Gasteiger partial charge in [-0.2, -0.15) is 31.3 Å². The molecule has 1 aromatic heterocycles. The Labute approximate surface area is 149 Å². The fraction of sp³-hybridized carbons (Fsp3) is 0.111. The molecule has 0 bridgehead atoms. The molecule has 0 N–H and O–H groups in total. The average molecular weight is 384 g/mol. The summed E-state index contributed by atoms with van der Waals surface area (Å²) in [6, 6.07) is 9.94. The summed E-state index contributed by atoms with van der Waals surface area (Å²) in [5, 5.41) is 0. The number of hydrogen-bond acceptors (Lipinski definition) is 3. The molecule has 0 aliphatic rings. The second-order valence-electron chi connectivity index (χ2n) is 5.39. The molecule has 0 saturated carbocycles. The number of rotatable bonds is 3. The van der Waals surface area contributed by atoms with Gasteiger partial charge in [-0.1, -0.05) is 24.3 Å². The van der Waals surface area contributed by atoms with E-state index in [4.69, 9.17) is 4.74 Å². The second-order valence-corrected chi connectivity index (χ2v) is 5.39. The predicted octanol–water partition coefficient (Wildman–Crippen LogP) is 5.97. The highest BCUT2D eigenvalue weighted by Gasteiger charge is 2.34. The lowest BCUT2D eigenvalue weighted by Crippen LogP contribution is -2.07. The van der Waals surface area contributed by atoms with E-state index in [9.17, 15) is 26.3 Å². The molecule has 140 valence electrons. The highest BCUT2D eigenvalue weighted by atomic mass is 19.4. The minimum Gasteiger partial charge on any atom is -0.438 e. The first-order chi connectivity index (χ1) is 12.6. The van der Waals surface area contributed by atoms with Crippen molar-refractivity contribution < 1.29 is 31.1 Å². The molecule has 0 spiro atoms. The average Bonchev–Trinajstić information content (AvgIpc) is 2.61. The maximum Gasteiger partial charge on any atom is 0.419 e. The summed E-state index contributed by atoms with van der Waals surface area (Å²) in [6.45, 7) is 0. The van der Waals surface area contributed by atoms with Crippen LogP contribution in [0.4, 0.5) is 26.3 Å². The Morgan fingerprint density at radius 3 is 2.04 bits per heavy atom. The van der Waals surface area contributed by atoms with Gasteiger partial charge in [-0.25, -0.2) is 4.98 Å². The molecule has 9 heteroatoms. The molecule has 0 amide bonds. The largest absolute Gasteiger partial charge is 0.438 e. The molecule has 2 aromatic carbocycles. The van der Waals surface area contributed by atoms with E-state index in [-0.39, 0.29) is 17.3 Å². The molecule has 0 atom stereocenters. The number of para-hydroxylation sites is 1. The molecule has 3 rings (SSSR count). The van der Waals surface area contributed by atoms with Gasteiger partial charge in [-0.3, -0.25) is 0 Å². The van der Waals surface area contributed by atoms with Gasteiger partial charge in [0.15, 0.2) is 5.82 Å². The van der Waals surface area contributed by atoms with Crippen molar-refractivity contribution >= 4 is 0 Å². The van der Waals surface area contributed by atoms with Crippen molar-refractivity contribution in [2.45, 2.75) is 12.4 Å². The molecule has 27 heavy (non-hydrogen) atoms. The van der Waals surface area contributed by atoms with Gasteiger partial charge in [-0.05, 0) is 24.3 Å². The monoisotopic (exact) mass is 384 g/mol. The first kappa shape index (κ1) is 18.7. The van der Waals surface area contributed by atoms with Crippen LogP contribution in [0.1, 0.15) is 11.1 Å². The van der Waals surface area contributed by atoms with Crippen LogP contribution in [0.3, 0.4) is 0 Å². The van der Waals surface area contributed by atoms with E-state index in [1.165, 1.54) is 36.5 Å². The summed E-state index contributed by atoms with van der Waals surface area (Å²) in [6.07, 6.45) is -7.85. The lowest BCUT2D eigenvalue weighted by Gasteiger charge is -2.13. The Balaban J connectivity index is 1.89. The van der Waals surface area contributed by atoms with Crippen LogP contribution in [0.15, 0.2) is 60.8 Å². The smallest absolute Gasteiger partial charge is 0.419 e. The van der Waals surface area contributed by atoms with Crippen molar-refractivity contribution in [1.29, 1.82) is 0 Å². The van der Waals surface area contributed by atoms with Crippen molar-refractivity contribution in [2.24, 2.45) is 0 Å². The molecule has 0 unspecified atom stereocenters. The second kappa shape index (κ2) is 6.90. The van der Waals surface area contributed by atoms with E-state index >= 15 is 0 Å². The van der Waals surface area contributed by atoms with Gasteiger partial charge >= 0.3 is 12.4 Å². The zero-order chi connectivity index (χ0) is 19.7. The SMILES string of the molecule is FC(F)(F)c1ccc(-c2nccc(Oc3ccccc3C(F)(F)F)n2)cc1. The summed E-state index contributed by atoms with van der Waals surface area (Å²) in [7, 11) is 0. The standard InChI is InChI=1S/C18H10F6N2O/c19-17(20,21)12-7-5-11(6-8-12)16-25-10-9-15(26-16)27-14-4-2-1-3-13(14)18(22,23)24/h1-10H. The van der Waals surface area contributed by atoms with E-state index in [1.807, 2.05) is 0 Å². The van der Waals surface area contributed by atoms with Crippen LogP contribution in [0.2, 0.25) is 0 Å². The Morgan fingerprint density at radius 1 is 0.741 bits per heavy atom. The molecule has 1 heterocycles. The Morgan fingerprint density at radius 2 is 1.41 bits per heavy atom. The normalized spacial score (nSPS) is 12.1. The summed E-state index contributed by atoms with van der Waals surface area (Å²) in [4.78, 5) is 7.89. The number of nitrogens with zero attached hydrogens (tertiary/aromatic N) is 2. The summed E-state index contributed by atoms with van der Waals surface area (Å²) in [5.41, 5.74) is -1.55. The quantitative estimate of drug-likeness (QED) is 0.522. The highest BCUT2D eigenvalue weighted by molar-refractivity contribution is 5.56. The van der Waals surface area contributed by atoms with Gasteiger partial charge in [0.1, 0.15) is 5.75 Å². The van der Waals surface area contributed by atoms with E-state index in [0.29, 0.717) is 0 Å². The number of halogens is 6. The fourth-order valence-corrected chi connectivity index (χ4v) is 2.25. The zero-order valence-corrected chi connectivity index (χ0v) is 13.3. The predicted molar refractivity (Wildman–Crippen MR) is 84.0 cm³/mol. The molecule has 0 aliphatic heterocycles. The number of aromatic nitrogens is 2. The van der Waals surface area contributed by atoms with Gasteiger partial charge in [0, 0.05) is 17.8 Å². The minimum absolute atomic E-state index is 0.0192. The molecule has 0 radical (unpaired) electrons. The topological polar surface area (TPSA) is 35.0 Å². The first-order valence-electron chi connectivity index (χ1n) is 7.49. The Bertz CT molecular complexity index is 936.